The van der Waals surface area contributed by atoms with Gasteiger partial charge in [0.25, 0.3) is 0 Å². The number of rotatable bonds is 11. The summed E-state index contributed by atoms with van der Waals surface area (Å²) in [7, 11) is 0. The van der Waals surface area contributed by atoms with Crippen LogP contribution in [-0.2, 0) is 13.1 Å². The summed E-state index contributed by atoms with van der Waals surface area (Å²) in [5.41, 5.74) is 1.27. The quantitative estimate of drug-likeness (QED) is 0.652. The number of hydrogen-bond acceptors (Lipinski definition) is 3. The molecular formula is C18H34N2O. The van der Waals surface area contributed by atoms with Crippen molar-refractivity contribution in [2.24, 2.45) is 0 Å². The SMILES string of the molecule is CCCCN(CCCC)Cc1cc(C)c(CNC(C)C)o1. The van der Waals surface area contributed by atoms with Gasteiger partial charge in [0.15, 0.2) is 0 Å². The van der Waals surface area contributed by atoms with Gasteiger partial charge in [-0.1, -0.05) is 40.5 Å². The Labute approximate surface area is 131 Å². The summed E-state index contributed by atoms with van der Waals surface area (Å²) in [6.07, 6.45) is 5.04. The zero-order valence-corrected chi connectivity index (χ0v) is 14.7. The predicted octanol–water partition coefficient (Wildman–Crippen LogP) is 4.49. The third-order valence-electron chi connectivity index (χ3n) is 3.78. The van der Waals surface area contributed by atoms with E-state index in [0.717, 1.165) is 24.6 Å². The van der Waals surface area contributed by atoms with Crippen molar-refractivity contribution in [2.45, 2.75) is 79.4 Å². The lowest BCUT2D eigenvalue weighted by Crippen LogP contribution is -2.25. The fourth-order valence-corrected chi connectivity index (χ4v) is 2.39. The summed E-state index contributed by atoms with van der Waals surface area (Å²) >= 11 is 0. The van der Waals surface area contributed by atoms with Crippen molar-refractivity contribution in [3.05, 3.63) is 23.2 Å². The maximum Gasteiger partial charge on any atom is 0.120 e. The Morgan fingerprint density at radius 3 is 2.29 bits per heavy atom. The molecule has 0 atom stereocenters. The smallest absolute Gasteiger partial charge is 0.120 e. The number of hydrogen-bond donors (Lipinski definition) is 1. The first-order valence-corrected chi connectivity index (χ1v) is 8.60. The van der Waals surface area contributed by atoms with Crippen LogP contribution in [0, 0.1) is 6.92 Å². The van der Waals surface area contributed by atoms with E-state index in [1.54, 1.807) is 0 Å². The third kappa shape index (κ3) is 7.14. The molecule has 1 heterocycles. The minimum Gasteiger partial charge on any atom is -0.463 e. The van der Waals surface area contributed by atoms with Crippen LogP contribution in [0.2, 0.25) is 0 Å². The summed E-state index contributed by atoms with van der Waals surface area (Å²) in [6, 6.07) is 2.70. The lowest BCUT2D eigenvalue weighted by atomic mass is 10.2. The molecule has 0 saturated heterocycles. The van der Waals surface area contributed by atoms with E-state index in [9.17, 15) is 0 Å². The lowest BCUT2D eigenvalue weighted by Gasteiger charge is -2.20. The molecule has 0 saturated carbocycles. The second kappa shape index (κ2) is 10.0. The minimum atomic E-state index is 0.489. The standard InChI is InChI=1S/C18H34N2O/c1-6-8-10-20(11-9-7-2)14-17-12-16(5)18(21-17)13-19-15(3)4/h12,15,19H,6-11,13-14H2,1-5H3. The molecule has 1 aromatic heterocycles. The molecule has 1 N–H and O–H groups in total. The Morgan fingerprint density at radius 2 is 1.76 bits per heavy atom. The van der Waals surface area contributed by atoms with Gasteiger partial charge < -0.3 is 9.73 Å². The second-order valence-electron chi connectivity index (χ2n) is 6.34. The van der Waals surface area contributed by atoms with Crippen molar-refractivity contribution < 1.29 is 4.42 Å². The molecule has 3 heteroatoms. The van der Waals surface area contributed by atoms with Gasteiger partial charge in [-0.2, -0.15) is 0 Å². The van der Waals surface area contributed by atoms with Crippen LogP contribution in [0.4, 0.5) is 0 Å². The van der Waals surface area contributed by atoms with Crippen LogP contribution in [0.5, 0.6) is 0 Å². The monoisotopic (exact) mass is 294 g/mol. The topological polar surface area (TPSA) is 28.4 Å². The van der Waals surface area contributed by atoms with Crippen LogP contribution in [-0.4, -0.2) is 24.0 Å². The Hall–Kier alpha value is -0.800. The third-order valence-corrected chi connectivity index (χ3v) is 3.78. The van der Waals surface area contributed by atoms with Gasteiger partial charge in [0.2, 0.25) is 0 Å². The Kier molecular flexibility index (Phi) is 8.70. The van der Waals surface area contributed by atoms with Crippen molar-refractivity contribution in [3.63, 3.8) is 0 Å². The maximum absolute atomic E-state index is 6.05. The lowest BCUT2D eigenvalue weighted by molar-refractivity contribution is 0.234. The Balaban J connectivity index is 2.58. The summed E-state index contributed by atoms with van der Waals surface area (Å²) in [6.45, 7) is 15.1. The van der Waals surface area contributed by atoms with Crippen LogP contribution >= 0.6 is 0 Å². The van der Waals surface area contributed by atoms with Gasteiger partial charge >= 0.3 is 0 Å². The fourth-order valence-electron chi connectivity index (χ4n) is 2.39. The van der Waals surface area contributed by atoms with Crippen molar-refractivity contribution in [3.8, 4) is 0 Å². The molecule has 0 aliphatic heterocycles. The normalized spacial score (nSPS) is 11.8. The fraction of sp³-hybridized carbons (Fsp3) is 0.778. The second-order valence-corrected chi connectivity index (χ2v) is 6.34. The molecule has 0 aliphatic carbocycles. The van der Waals surface area contributed by atoms with Crippen molar-refractivity contribution in [1.29, 1.82) is 0 Å². The largest absolute Gasteiger partial charge is 0.463 e. The highest BCUT2D eigenvalue weighted by atomic mass is 16.3. The summed E-state index contributed by atoms with van der Waals surface area (Å²) in [4.78, 5) is 2.53. The highest BCUT2D eigenvalue weighted by Crippen LogP contribution is 2.17. The highest BCUT2D eigenvalue weighted by molar-refractivity contribution is 5.20. The van der Waals surface area contributed by atoms with E-state index in [1.165, 1.54) is 44.3 Å². The first-order chi connectivity index (χ1) is 10.1. The average molecular weight is 294 g/mol. The molecule has 1 rings (SSSR count). The van der Waals surface area contributed by atoms with Gasteiger partial charge in [0.1, 0.15) is 11.5 Å². The van der Waals surface area contributed by atoms with Gasteiger partial charge in [0.05, 0.1) is 13.1 Å². The van der Waals surface area contributed by atoms with Crippen molar-refractivity contribution >= 4 is 0 Å². The summed E-state index contributed by atoms with van der Waals surface area (Å²) < 4.78 is 6.05. The van der Waals surface area contributed by atoms with Crippen LogP contribution in [0.15, 0.2) is 10.5 Å². The zero-order chi connectivity index (χ0) is 15.7. The van der Waals surface area contributed by atoms with Gasteiger partial charge in [-0.3, -0.25) is 4.90 Å². The molecule has 0 bridgehead atoms. The summed E-state index contributed by atoms with van der Waals surface area (Å²) in [5.74, 6) is 2.20. The van der Waals surface area contributed by atoms with E-state index >= 15 is 0 Å². The molecule has 0 aliphatic rings. The molecule has 21 heavy (non-hydrogen) atoms. The van der Waals surface area contributed by atoms with E-state index in [1.807, 2.05) is 0 Å². The molecule has 3 nitrogen and oxygen atoms in total. The Morgan fingerprint density at radius 1 is 1.14 bits per heavy atom. The number of furan rings is 1. The van der Waals surface area contributed by atoms with Crippen LogP contribution in [0.1, 0.15) is 70.5 Å². The molecule has 0 radical (unpaired) electrons. The van der Waals surface area contributed by atoms with Crippen molar-refractivity contribution in [1.82, 2.24) is 10.2 Å². The van der Waals surface area contributed by atoms with E-state index in [-0.39, 0.29) is 0 Å². The van der Waals surface area contributed by atoms with E-state index in [4.69, 9.17) is 4.42 Å². The van der Waals surface area contributed by atoms with Gasteiger partial charge in [-0.15, -0.1) is 0 Å². The first kappa shape index (κ1) is 18.2. The molecular weight excluding hydrogens is 260 g/mol. The number of unbranched alkanes of at least 4 members (excludes halogenated alkanes) is 2. The predicted molar refractivity (Wildman–Crippen MR) is 90.5 cm³/mol. The number of nitrogens with zero attached hydrogens (tertiary/aromatic N) is 1. The molecule has 0 amide bonds. The first-order valence-electron chi connectivity index (χ1n) is 8.60. The van der Waals surface area contributed by atoms with Crippen LogP contribution in [0.25, 0.3) is 0 Å². The molecule has 0 aromatic carbocycles. The minimum absolute atomic E-state index is 0.489. The van der Waals surface area contributed by atoms with Crippen LogP contribution in [0.3, 0.4) is 0 Å². The molecule has 122 valence electrons. The van der Waals surface area contributed by atoms with Gasteiger partial charge in [0, 0.05) is 6.04 Å². The number of nitrogens with one attached hydrogen (secondary N) is 1. The van der Waals surface area contributed by atoms with Gasteiger partial charge in [-0.25, -0.2) is 0 Å². The van der Waals surface area contributed by atoms with E-state index in [2.05, 4.69) is 50.9 Å². The maximum atomic E-state index is 6.05. The molecule has 1 aromatic rings. The van der Waals surface area contributed by atoms with E-state index < -0.39 is 0 Å². The number of aryl methyl sites for hydroxylation is 1. The zero-order valence-electron chi connectivity index (χ0n) is 14.7. The van der Waals surface area contributed by atoms with Gasteiger partial charge in [-0.05, 0) is 44.5 Å². The Bertz CT molecular complexity index is 377. The molecule has 0 spiro atoms. The molecule has 0 unspecified atom stereocenters. The van der Waals surface area contributed by atoms with E-state index in [0.29, 0.717) is 6.04 Å². The average Bonchev–Trinajstić information content (AvgIpc) is 2.79. The highest BCUT2D eigenvalue weighted by Gasteiger charge is 2.12. The molecule has 0 fully saturated rings. The summed E-state index contributed by atoms with van der Waals surface area (Å²) in [5, 5.41) is 3.43. The van der Waals surface area contributed by atoms with Crippen LogP contribution < -0.4 is 5.32 Å². The van der Waals surface area contributed by atoms with Crippen molar-refractivity contribution in [2.75, 3.05) is 13.1 Å².